The van der Waals surface area contributed by atoms with Crippen LogP contribution in [0.15, 0.2) is 4.99 Å². The Kier molecular flexibility index (Phi) is 27.1. The Labute approximate surface area is 215 Å². The average Bonchev–Trinajstić information content (AvgIpc) is 2.69. The molecule has 0 bridgehead atoms. The molecule has 0 saturated heterocycles. The summed E-state index contributed by atoms with van der Waals surface area (Å²) in [5.74, 6) is -0.335. The molecular weight excluding hydrogens is 421 g/mol. The summed E-state index contributed by atoms with van der Waals surface area (Å²) < 4.78 is 29.8. The average molecular weight is 470 g/mol. The van der Waals surface area contributed by atoms with Gasteiger partial charge < -0.3 is 10.1 Å². The molecule has 0 aliphatic heterocycles. The molecule has 0 aliphatic rings. The molecule has 7 heteroatoms. The van der Waals surface area contributed by atoms with Gasteiger partial charge in [-0.25, -0.2) is 0 Å². The van der Waals surface area contributed by atoms with Crippen LogP contribution in [-0.4, -0.2) is 31.2 Å². The Morgan fingerprint density at radius 1 is 0.677 bits per heavy atom. The fraction of sp³-hybridized carbons (Fsp3) is 0.958. The van der Waals surface area contributed by atoms with Crippen molar-refractivity contribution in [1.82, 2.24) is 0 Å². The van der Waals surface area contributed by atoms with Gasteiger partial charge in [0.05, 0.1) is 5.75 Å². The zero-order chi connectivity index (χ0) is 22.3. The maximum Gasteiger partial charge on any atom is 1.00 e. The molecule has 0 rings (SSSR count). The quantitative estimate of drug-likeness (QED) is 0.0816. The summed E-state index contributed by atoms with van der Waals surface area (Å²) in [6.45, 7) is 2.62. The number of hydrogen-bond acceptors (Lipinski definition) is 4. The van der Waals surface area contributed by atoms with Gasteiger partial charge >= 0.3 is 29.6 Å². The van der Waals surface area contributed by atoms with Gasteiger partial charge in [-0.2, -0.15) is 8.42 Å². The minimum atomic E-state index is -3.89. The van der Waals surface area contributed by atoms with Gasteiger partial charge in [0.25, 0.3) is 10.1 Å². The van der Waals surface area contributed by atoms with E-state index in [4.69, 9.17) is 4.55 Å². The number of hydrogen-bond donors (Lipinski definition) is 1. The maximum absolute atomic E-state index is 11.6. The van der Waals surface area contributed by atoms with Crippen LogP contribution in [0.5, 0.6) is 0 Å². The SMILES string of the molecule is CCCCCCCCCCCCCCCCCCCC([O-])=NCCCCS(=O)(=O)O.[Na+]. The molecule has 0 aliphatic carbocycles. The van der Waals surface area contributed by atoms with Gasteiger partial charge in [-0.1, -0.05) is 110 Å². The van der Waals surface area contributed by atoms with E-state index in [9.17, 15) is 13.5 Å². The van der Waals surface area contributed by atoms with E-state index < -0.39 is 10.1 Å². The summed E-state index contributed by atoms with van der Waals surface area (Å²) in [5.41, 5.74) is 0. The smallest absolute Gasteiger partial charge is 0.862 e. The van der Waals surface area contributed by atoms with E-state index in [1.807, 2.05) is 0 Å². The topological polar surface area (TPSA) is 89.8 Å². The number of nitrogens with zero attached hydrogens (tertiary/aromatic N) is 1. The molecule has 0 aromatic rings. The second kappa shape index (κ2) is 25.0. The van der Waals surface area contributed by atoms with Gasteiger partial charge in [0, 0.05) is 6.54 Å². The van der Waals surface area contributed by atoms with Crippen LogP contribution >= 0.6 is 0 Å². The maximum atomic E-state index is 11.6. The molecule has 5 nitrogen and oxygen atoms in total. The van der Waals surface area contributed by atoms with Gasteiger partial charge in [-0.05, 0) is 31.6 Å². The van der Waals surface area contributed by atoms with Crippen molar-refractivity contribution in [2.45, 2.75) is 135 Å². The summed E-state index contributed by atoms with van der Waals surface area (Å²) in [6, 6.07) is 0. The first-order valence-electron chi connectivity index (χ1n) is 12.6. The molecule has 0 unspecified atom stereocenters. The molecule has 0 saturated carbocycles. The molecule has 31 heavy (non-hydrogen) atoms. The fourth-order valence-electron chi connectivity index (χ4n) is 3.68. The summed E-state index contributed by atoms with van der Waals surface area (Å²) in [5, 5.41) is 11.6. The third kappa shape index (κ3) is 30.4. The van der Waals surface area contributed by atoms with E-state index in [-0.39, 0.29) is 41.2 Å². The second-order valence-corrected chi connectivity index (χ2v) is 10.2. The molecule has 0 aromatic carbocycles. The van der Waals surface area contributed by atoms with Crippen LogP contribution in [0.25, 0.3) is 0 Å². The monoisotopic (exact) mass is 469 g/mol. The third-order valence-electron chi connectivity index (χ3n) is 5.59. The Balaban J connectivity index is 0. The summed E-state index contributed by atoms with van der Waals surface area (Å²) >= 11 is 0. The molecule has 0 spiro atoms. The van der Waals surface area contributed by atoms with E-state index >= 15 is 0 Å². The van der Waals surface area contributed by atoms with Crippen molar-refractivity contribution < 1.29 is 47.6 Å². The molecule has 180 valence electrons. The Morgan fingerprint density at radius 3 is 1.45 bits per heavy atom. The standard InChI is InChI=1S/C24H49NO4S.Na/c1-2-3-4-5-6-7-8-9-10-11-12-13-14-15-16-17-18-21-24(26)25-22-19-20-23-30(27,28)29;/h2-23H2,1H3,(H,25,26)(H,27,28,29);/q;+1/p-1. The van der Waals surface area contributed by atoms with Crippen LogP contribution < -0.4 is 34.7 Å². The van der Waals surface area contributed by atoms with Gasteiger partial charge in [0.1, 0.15) is 0 Å². The van der Waals surface area contributed by atoms with Crippen LogP contribution in [0.2, 0.25) is 0 Å². The number of unbranched alkanes of at least 4 members (excludes halogenated alkanes) is 17. The molecule has 0 heterocycles. The van der Waals surface area contributed by atoms with Crippen LogP contribution in [0.1, 0.15) is 135 Å². The Morgan fingerprint density at radius 2 is 1.06 bits per heavy atom. The molecule has 0 amide bonds. The molecule has 0 aromatic heterocycles. The first kappa shape index (κ1) is 33.6. The van der Waals surface area contributed by atoms with Crippen molar-refractivity contribution in [3.05, 3.63) is 0 Å². The second-order valence-electron chi connectivity index (χ2n) is 8.68. The van der Waals surface area contributed by atoms with E-state index in [1.54, 1.807) is 0 Å². The summed E-state index contributed by atoms with van der Waals surface area (Å²) in [7, 11) is -3.89. The summed E-state index contributed by atoms with van der Waals surface area (Å²) in [4.78, 5) is 3.94. The molecule has 1 N–H and O–H groups in total. The van der Waals surface area contributed by atoms with Crippen LogP contribution in [0, 0.1) is 0 Å². The van der Waals surface area contributed by atoms with Crippen molar-refractivity contribution in [1.29, 1.82) is 0 Å². The van der Waals surface area contributed by atoms with Crippen molar-refractivity contribution in [2.75, 3.05) is 12.3 Å². The minimum Gasteiger partial charge on any atom is -0.862 e. The van der Waals surface area contributed by atoms with E-state index in [0.717, 1.165) is 12.8 Å². The van der Waals surface area contributed by atoms with Crippen LogP contribution in [-0.2, 0) is 10.1 Å². The number of rotatable bonds is 23. The van der Waals surface area contributed by atoms with E-state index in [2.05, 4.69) is 11.9 Å². The first-order chi connectivity index (χ1) is 14.5. The zero-order valence-corrected chi connectivity index (χ0v) is 23.4. The first-order valence-corrected chi connectivity index (χ1v) is 14.2. The van der Waals surface area contributed by atoms with Gasteiger partial charge in [0.2, 0.25) is 0 Å². The molecule has 0 atom stereocenters. The van der Waals surface area contributed by atoms with Crippen LogP contribution in [0.3, 0.4) is 0 Å². The third-order valence-corrected chi connectivity index (χ3v) is 6.40. The van der Waals surface area contributed by atoms with Gasteiger partial charge in [-0.15, -0.1) is 0 Å². The van der Waals surface area contributed by atoms with Crippen molar-refractivity contribution in [2.24, 2.45) is 4.99 Å². The minimum absolute atomic E-state index is 0. The molecule has 0 radical (unpaired) electrons. The zero-order valence-electron chi connectivity index (χ0n) is 20.6. The Bertz CT molecular complexity index is 498. The predicted octanol–water partition coefficient (Wildman–Crippen LogP) is 3.46. The van der Waals surface area contributed by atoms with Crippen molar-refractivity contribution in [3.8, 4) is 0 Å². The fourth-order valence-corrected chi connectivity index (χ4v) is 4.25. The normalized spacial score (nSPS) is 12.1. The van der Waals surface area contributed by atoms with Crippen LogP contribution in [0.4, 0.5) is 0 Å². The Hall–Kier alpha value is 0.380. The van der Waals surface area contributed by atoms with Gasteiger partial charge in [0.15, 0.2) is 0 Å². The van der Waals surface area contributed by atoms with Crippen molar-refractivity contribution in [3.63, 3.8) is 0 Å². The van der Waals surface area contributed by atoms with Crippen molar-refractivity contribution >= 4 is 16.0 Å². The van der Waals surface area contributed by atoms with E-state index in [1.165, 1.54) is 96.3 Å². The molecule has 0 fully saturated rings. The van der Waals surface area contributed by atoms with E-state index in [0.29, 0.717) is 25.8 Å². The van der Waals surface area contributed by atoms with Gasteiger partial charge in [-0.3, -0.25) is 4.55 Å². The largest absolute Gasteiger partial charge is 1.00 e. The summed E-state index contributed by atoms with van der Waals surface area (Å²) in [6.07, 6.45) is 23.9. The molecular formula is C24H48NNaO4S. The number of aliphatic imine (C=N–C) groups is 1. The predicted molar refractivity (Wildman–Crippen MR) is 127 cm³/mol.